The van der Waals surface area contributed by atoms with Crippen molar-refractivity contribution in [2.75, 3.05) is 13.7 Å². The van der Waals surface area contributed by atoms with Crippen LogP contribution >= 0.6 is 0 Å². The number of primary amides is 1. The molecule has 0 spiro atoms. The summed E-state index contributed by atoms with van der Waals surface area (Å²) in [6.45, 7) is 0.472. The van der Waals surface area contributed by atoms with Gasteiger partial charge in [-0.3, -0.25) is 4.79 Å². The number of hydrogen-bond donors (Lipinski definition) is 1. The summed E-state index contributed by atoms with van der Waals surface area (Å²) in [5, 5.41) is 10.4. The lowest BCUT2D eigenvalue weighted by atomic mass is 10.1. The van der Waals surface area contributed by atoms with Crippen molar-refractivity contribution in [2.24, 2.45) is 5.73 Å². The molecule has 0 fully saturated rings. The maximum Gasteiger partial charge on any atom is 0.249 e. The average molecular weight is 385 g/mol. The number of benzene rings is 3. The third-order valence-corrected chi connectivity index (χ3v) is 4.91. The molecule has 4 aromatic rings. The molecule has 0 atom stereocenters. The van der Waals surface area contributed by atoms with E-state index in [1.807, 2.05) is 54.6 Å². The van der Waals surface area contributed by atoms with E-state index in [2.05, 4.69) is 4.57 Å². The fourth-order valence-corrected chi connectivity index (χ4v) is 3.68. The van der Waals surface area contributed by atoms with Gasteiger partial charge in [-0.05, 0) is 17.7 Å². The normalized spacial score (nSPS) is 10.8. The summed E-state index contributed by atoms with van der Waals surface area (Å²) < 4.78 is 13.3. The van der Waals surface area contributed by atoms with Gasteiger partial charge in [0.05, 0.1) is 23.5 Å². The highest BCUT2D eigenvalue weighted by molar-refractivity contribution is 6.20. The third kappa shape index (κ3) is 3.23. The Balaban J connectivity index is 2.11. The van der Waals surface area contributed by atoms with Crippen LogP contribution in [0.2, 0.25) is 0 Å². The molecule has 0 saturated carbocycles. The molecule has 3 aromatic carbocycles. The fraction of sp³-hybridized carbons (Fsp3) is 0.130. The Hall–Kier alpha value is -3.98. The highest BCUT2D eigenvalue weighted by atomic mass is 16.5. The number of hydrogen-bond acceptors (Lipinski definition) is 4. The second kappa shape index (κ2) is 7.56. The number of fused-ring (bicyclic) bond motifs is 3. The van der Waals surface area contributed by atoms with Crippen LogP contribution in [0.5, 0.6) is 11.5 Å². The molecular formula is C23H19N3O3. The molecule has 1 amide bonds. The number of nitriles is 1. The number of carbonyl (C=O) groups is 1. The minimum absolute atomic E-state index is 0.119. The standard InChI is InChI=1S/C23H19N3O3/c1-28-16-12-19-22(20(13-16)29-11-10-24)21-17(23(25)27)8-5-9-18(21)26(19)14-15-6-3-2-4-7-15/h2-9,12-13H,11,14H2,1H3,(H2,25,27). The van der Waals surface area contributed by atoms with Gasteiger partial charge in [0, 0.05) is 29.6 Å². The molecule has 0 aliphatic rings. The van der Waals surface area contributed by atoms with Crippen LogP contribution < -0.4 is 15.2 Å². The Morgan fingerprint density at radius 2 is 1.86 bits per heavy atom. The summed E-state index contributed by atoms with van der Waals surface area (Å²) in [4.78, 5) is 12.2. The van der Waals surface area contributed by atoms with Gasteiger partial charge in [-0.25, -0.2) is 0 Å². The lowest BCUT2D eigenvalue weighted by Gasteiger charge is -2.10. The van der Waals surface area contributed by atoms with Crippen molar-refractivity contribution in [3.8, 4) is 17.6 Å². The number of nitrogens with two attached hydrogens (primary N) is 1. The number of amides is 1. The smallest absolute Gasteiger partial charge is 0.249 e. The third-order valence-electron chi connectivity index (χ3n) is 4.91. The Kier molecular flexibility index (Phi) is 4.80. The first-order valence-corrected chi connectivity index (χ1v) is 9.10. The Bertz CT molecular complexity index is 1250. The largest absolute Gasteiger partial charge is 0.497 e. The topological polar surface area (TPSA) is 90.3 Å². The minimum Gasteiger partial charge on any atom is -0.497 e. The molecule has 1 heterocycles. The van der Waals surface area contributed by atoms with E-state index in [9.17, 15) is 4.79 Å². The summed E-state index contributed by atoms with van der Waals surface area (Å²) in [6, 6.07) is 21.1. The van der Waals surface area contributed by atoms with E-state index < -0.39 is 5.91 Å². The summed E-state index contributed by atoms with van der Waals surface area (Å²) in [5.74, 6) is 0.561. The molecule has 4 rings (SSSR count). The first-order chi connectivity index (χ1) is 14.1. The van der Waals surface area contributed by atoms with Gasteiger partial charge in [-0.1, -0.05) is 36.4 Å². The number of aromatic nitrogens is 1. The van der Waals surface area contributed by atoms with E-state index in [0.717, 1.165) is 22.0 Å². The second-order valence-electron chi connectivity index (χ2n) is 6.60. The molecule has 6 nitrogen and oxygen atoms in total. The summed E-state index contributed by atoms with van der Waals surface area (Å²) in [5.41, 5.74) is 8.89. The highest BCUT2D eigenvalue weighted by Gasteiger charge is 2.21. The molecule has 0 radical (unpaired) electrons. The second-order valence-corrected chi connectivity index (χ2v) is 6.60. The Morgan fingerprint density at radius 1 is 1.07 bits per heavy atom. The Labute approximate surface area is 167 Å². The van der Waals surface area contributed by atoms with Crippen molar-refractivity contribution in [1.29, 1.82) is 5.26 Å². The lowest BCUT2D eigenvalue weighted by Crippen LogP contribution is -2.11. The Morgan fingerprint density at radius 3 is 2.55 bits per heavy atom. The summed E-state index contributed by atoms with van der Waals surface area (Å²) >= 11 is 0. The van der Waals surface area contributed by atoms with E-state index in [1.165, 1.54) is 0 Å². The van der Waals surface area contributed by atoms with Crippen LogP contribution in [-0.4, -0.2) is 24.2 Å². The van der Waals surface area contributed by atoms with E-state index in [1.54, 1.807) is 19.2 Å². The quantitative estimate of drug-likeness (QED) is 0.546. The first kappa shape index (κ1) is 18.4. The molecule has 0 unspecified atom stereocenters. The monoisotopic (exact) mass is 385 g/mol. The summed E-state index contributed by atoms with van der Waals surface area (Å²) in [6.07, 6.45) is 0. The van der Waals surface area contributed by atoms with Crippen LogP contribution in [0, 0.1) is 11.3 Å². The molecule has 29 heavy (non-hydrogen) atoms. The maximum atomic E-state index is 12.2. The maximum absolute atomic E-state index is 12.2. The van der Waals surface area contributed by atoms with Gasteiger partial charge < -0.3 is 19.8 Å². The van der Waals surface area contributed by atoms with Gasteiger partial charge in [-0.15, -0.1) is 0 Å². The molecule has 2 N–H and O–H groups in total. The van der Waals surface area contributed by atoms with Crippen molar-refractivity contribution in [3.05, 3.63) is 71.8 Å². The van der Waals surface area contributed by atoms with Crippen LogP contribution in [0.4, 0.5) is 0 Å². The van der Waals surface area contributed by atoms with Crippen molar-refractivity contribution in [1.82, 2.24) is 4.57 Å². The molecule has 0 aliphatic carbocycles. The molecular weight excluding hydrogens is 366 g/mol. The number of carbonyl (C=O) groups excluding carboxylic acids is 1. The first-order valence-electron chi connectivity index (χ1n) is 9.10. The van der Waals surface area contributed by atoms with Crippen LogP contribution in [0.1, 0.15) is 15.9 Å². The van der Waals surface area contributed by atoms with Gasteiger partial charge in [0.25, 0.3) is 0 Å². The van der Waals surface area contributed by atoms with Crippen molar-refractivity contribution >= 4 is 27.7 Å². The zero-order chi connectivity index (χ0) is 20.4. The highest BCUT2D eigenvalue weighted by Crippen LogP contribution is 2.40. The van der Waals surface area contributed by atoms with Gasteiger partial charge in [0.15, 0.2) is 6.61 Å². The van der Waals surface area contributed by atoms with Crippen LogP contribution in [0.15, 0.2) is 60.7 Å². The predicted octanol–water partition coefficient (Wildman–Crippen LogP) is 3.85. The van der Waals surface area contributed by atoms with Crippen molar-refractivity contribution in [2.45, 2.75) is 6.54 Å². The zero-order valence-electron chi connectivity index (χ0n) is 15.9. The number of methoxy groups -OCH3 is 1. The van der Waals surface area contributed by atoms with E-state index in [-0.39, 0.29) is 6.61 Å². The number of ether oxygens (including phenoxy) is 2. The van der Waals surface area contributed by atoms with Gasteiger partial charge in [0.1, 0.15) is 17.6 Å². The molecule has 6 heteroatoms. The van der Waals surface area contributed by atoms with Crippen LogP contribution in [0.25, 0.3) is 21.8 Å². The number of rotatable bonds is 6. The van der Waals surface area contributed by atoms with E-state index in [4.69, 9.17) is 20.5 Å². The molecule has 144 valence electrons. The van der Waals surface area contributed by atoms with E-state index in [0.29, 0.717) is 29.0 Å². The van der Waals surface area contributed by atoms with Crippen molar-refractivity contribution < 1.29 is 14.3 Å². The van der Waals surface area contributed by atoms with E-state index >= 15 is 0 Å². The van der Waals surface area contributed by atoms with Crippen LogP contribution in [-0.2, 0) is 6.54 Å². The van der Waals surface area contributed by atoms with Crippen molar-refractivity contribution in [3.63, 3.8) is 0 Å². The van der Waals surface area contributed by atoms with Gasteiger partial charge in [0.2, 0.25) is 5.91 Å². The van der Waals surface area contributed by atoms with Crippen LogP contribution in [0.3, 0.4) is 0 Å². The fourth-order valence-electron chi connectivity index (χ4n) is 3.68. The summed E-state index contributed by atoms with van der Waals surface area (Å²) in [7, 11) is 1.58. The average Bonchev–Trinajstić information content (AvgIpc) is 3.06. The molecule has 0 saturated heterocycles. The number of nitrogens with zero attached hydrogens (tertiary/aromatic N) is 2. The molecule has 0 aliphatic heterocycles. The predicted molar refractivity (Wildman–Crippen MR) is 111 cm³/mol. The molecule has 0 bridgehead atoms. The zero-order valence-corrected chi connectivity index (χ0v) is 15.9. The van der Waals surface area contributed by atoms with Gasteiger partial charge >= 0.3 is 0 Å². The van der Waals surface area contributed by atoms with Gasteiger partial charge in [-0.2, -0.15) is 5.26 Å². The minimum atomic E-state index is -0.517. The molecule has 1 aromatic heterocycles. The SMILES string of the molecule is COc1cc(OCC#N)c2c3c(C(N)=O)cccc3n(Cc3ccccc3)c2c1. The lowest BCUT2D eigenvalue weighted by molar-refractivity contribution is 0.100.